The number of aliphatic imine (C=N–C) groups is 1. The van der Waals surface area contributed by atoms with E-state index in [4.69, 9.17) is 4.99 Å². The summed E-state index contributed by atoms with van der Waals surface area (Å²) in [7, 11) is 0. The normalized spacial score (nSPS) is 11.7. The van der Waals surface area contributed by atoms with Crippen LogP contribution in [0.25, 0.3) is 5.65 Å². The standard InChI is InChI=1S/C20H26N6/c1-3-21-20(23-15-17-10-5-4-9-16(17)2)22-13-8-12-19-25-24-18-11-6-7-14-26(18)19/h4-7,9-11,14H,3,8,12-13,15H2,1-2H3,(H2,21,22,23). The van der Waals surface area contributed by atoms with Crippen LogP contribution in [0.4, 0.5) is 0 Å². The molecule has 0 aliphatic rings. The number of nitrogens with one attached hydrogen (secondary N) is 2. The number of fused-ring (bicyclic) bond motifs is 1. The van der Waals surface area contributed by atoms with E-state index >= 15 is 0 Å². The van der Waals surface area contributed by atoms with E-state index in [9.17, 15) is 0 Å². The minimum absolute atomic E-state index is 0.677. The molecule has 3 rings (SSSR count). The molecular formula is C20H26N6. The minimum Gasteiger partial charge on any atom is -0.357 e. The van der Waals surface area contributed by atoms with Crippen LogP contribution in [0.3, 0.4) is 0 Å². The summed E-state index contributed by atoms with van der Waals surface area (Å²) >= 11 is 0. The van der Waals surface area contributed by atoms with Gasteiger partial charge in [-0.3, -0.25) is 4.40 Å². The zero-order valence-corrected chi connectivity index (χ0v) is 15.4. The molecule has 2 N–H and O–H groups in total. The molecule has 136 valence electrons. The molecule has 26 heavy (non-hydrogen) atoms. The topological polar surface area (TPSA) is 66.6 Å². The number of hydrogen-bond donors (Lipinski definition) is 2. The monoisotopic (exact) mass is 350 g/mol. The van der Waals surface area contributed by atoms with E-state index in [2.05, 4.69) is 58.9 Å². The number of benzene rings is 1. The summed E-state index contributed by atoms with van der Waals surface area (Å²) in [5.74, 6) is 1.84. The first kappa shape index (κ1) is 17.9. The van der Waals surface area contributed by atoms with Gasteiger partial charge in [0.1, 0.15) is 5.82 Å². The van der Waals surface area contributed by atoms with Crippen molar-refractivity contribution in [3.63, 3.8) is 0 Å². The maximum absolute atomic E-state index is 4.69. The van der Waals surface area contributed by atoms with Crippen LogP contribution in [0.15, 0.2) is 53.7 Å². The smallest absolute Gasteiger partial charge is 0.191 e. The Balaban J connectivity index is 1.52. The average Bonchev–Trinajstić information content (AvgIpc) is 3.07. The summed E-state index contributed by atoms with van der Waals surface area (Å²) < 4.78 is 2.04. The SMILES string of the molecule is CCNC(=NCc1ccccc1C)NCCCc1nnc2ccccn12. The lowest BCUT2D eigenvalue weighted by Crippen LogP contribution is -2.37. The largest absolute Gasteiger partial charge is 0.357 e. The maximum atomic E-state index is 4.69. The number of hydrogen-bond acceptors (Lipinski definition) is 3. The molecule has 1 aromatic carbocycles. The van der Waals surface area contributed by atoms with E-state index in [1.54, 1.807) is 0 Å². The highest BCUT2D eigenvalue weighted by atomic mass is 15.2. The highest BCUT2D eigenvalue weighted by Gasteiger charge is 2.04. The molecule has 3 aromatic rings. The van der Waals surface area contributed by atoms with Crippen LogP contribution < -0.4 is 10.6 Å². The van der Waals surface area contributed by atoms with Crippen molar-refractivity contribution in [1.82, 2.24) is 25.2 Å². The molecule has 6 heteroatoms. The Morgan fingerprint density at radius 1 is 1.08 bits per heavy atom. The molecule has 6 nitrogen and oxygen atoms in total. The van der Waals surface area contributed by atoms with Gasteiger partial charge in [-0.2, -0.15) is 0 Å². The van der Waals surface area contributed by atoms with E-state index in [0.717, 1.165) is 43.4 Å². The number of nitrogens with zero attached hydrogens (tertiary/aromatic N) is 4. The van der Waals surface area contributed by atoms with Gasteiger partial charge < -0.3 is 10.6 Å². The molecule has 0 atom stereocenters. The summed E-state index contributed by atoms with van der Waals surface area (Å²) in [6, 6.07) is 14.3. The van der Waals surface area contributed by atoms with Crippen molar-refractivity contribution in [3.8, 4) is 0 Å². The quantitative estimate of drug-likeness (QED) is 0.391. The maximum Gasteiger partial charge on any atom is 0.191 e. The average molecular weight is 350 g/mol. The lowest BCUT2D eigenvalue weighted by molar-refractivity contribution is 0.715. The van der Waals surface area contributed by atoms with Crippen LogP contribution in [0.5, 0.6) is 0 Å². The van der Waals surface area contributed by atoms with Crippen LogP contribution in [-0.2, 0) is 13.0 Å². The Hall–Kier alpha value is -2.89. The molecule has 0 unspecified atom stereocenters. The van der Waals surface area contributed by atoms with Gasteiger partial charge in [0, 0.05) is 25.7 Å². The molecule has 0 saturated carbocycles. The van der Waals surface area contributed by atoms with Crippen LogP contribution in [0, 0.1) is 6.92 Å². The molecule has 0 fully saturated rings. The summed E-state index contributed by atoms with van der Waals surface area (Å²) in [4.78, 5) is 4.69. The van der Waals surface area contributed by atoms with Crippen molar-refractivity contribution < 1.29 is 0 Å². The van der Waals surface area contributed by atoms with Gasteiger partial charge in [-0.15, -0.1) is 10.2 Å². The number of rotatable bonds is 7. The van der Waals surface area contributed by atoms with Crippen molar-refractivity contribution in [2.75, 3.05) is 13.1 Å². The molecule has 0 aliphatic heterocycles. The Morgan fingerprint density at radius 3 is 2.77 bits per heavy atom. The number of pyridine rings is 1. The highest BCUT2D eigenvalue weighted by molar-refractivity contribution is 5.79. The molecular weight excluding hydrogens is 324 g/mol. The summed E-state index contributed by atoms with van der Waals surface area (Å²) in [5, 5.41) is 15.2. The van der Waals surface area contributed by atoms with Crippen LogP contribution in [-0.4, -0.2) is 33.6 Å². The lowest BCUT2D eigenvalue weighted by atomic mass is 10.1. The number of aryl methyl sites for hydroxylation is 2. The third-order valence-corrected chi connectivity index (χ3v) is 4.27. The Morgan fingerprint density at radius 2 is 1.92 bits per heavy atom. The fourth-order valence-corrected chi connectivity index (χ4v) is 2.81. The van der Waals surface area contributed by atoms with Gasteiger partial charge in [0.05, 0.1) is 6.54 Å². The van der Waals surface area contributed by atoms with Crippen LogP contribution in [0.1, 0.15) is 30.3 Å². The lowest BCUT2D eigenvalue weighted by Gasteiger charge is -2.11. The summed E-state index contributed by atoms with van der Waals surface area (Å²) in [6.45, 7) is 6.55. The van der Waals surface area contributed by atoms with E-state index in [1.165, 1.54) is 11.1 Å². The van der Waals surface area contributed by atoms with Gasteiger partial charge in [-0.05, 0) is 43.5 Å². The van der Waals surface area contributed by atoms with Crippen molar-refractivity contribution >= 4 is 11.6 Å². The molecule has 0 saturated heterocycles. The predicted octanol–water partition coefficient (Wildman–Crippen LogP) is 2.73. The van der Waals surface area contributed by atoms with E-state index < -0.39 is 0 Å². The molecule has 2 aromatic heterocycles. The molecule has 0 spiro atoms. The minimum atomic E-state index is 0.677. The third-order valence-electron chi connectivity index (χ3n) is 4.27. The molecule has 0 bridgehead atoms. The first-order valence-corrected chi connectivity index (χ1v) is 9.13. The number of aromatic nitrogens is 3. The zero-order chi connectivity index (χ0) is 18.2. The van der Waals surface area contributed by atoms with E-state index in [-0.39, 0.29) is 0 Å². The van der Waals surface area contributed by atoms with Crippen LogP contribution >= 0.6 is 0 Å². The number of guanidine groups is 1. The van der Waals surface area contributed by atoms with Gasteiger partial charge in [0.2, 0.25) is 0 Å². The third kappa shape index (κ3) is 4.59. The first-order valence-electron chi connectivity index (χ1n) is 9.13. The fraction of sp³-hybridized carbons (Fsp3) is 0.350. The Bertz CT molecular complexity index is 867. The van der Waals surface area contributed by atoms with E-state index in [1.807, 2.05) is 28.8 Å². The Labute approximate surface area is 154 Å². The van der Waals surface area contributed by atoms with Gasteiger partial charge in [-0.1, -0.05) is 30.3 Å². The summed E-state index contributed by atoms with van der Waals surface area (Å²) in [5.41, 5.74) is 3.41. The zero-order valence-electron chi connectivity index (χ0n) is 15.4. The van der Waals surface area contributed by atoms with Gasteiger partial charge in [0.25, 0.3) is 0 Å². The van der Waals surface area contributed by atoms with Crippen molar-refractivity contribution in [2.45, 2.75) is 33.2 Å². The molecule has 2 heterocycles. The predicted molar refractivity (Wildman–Crippen MR) is 105 cm³/mol. The first-order chi connectivity index (χ1) is 12.8. The highest BCUT2D eigenvalue weighted by Crippen LogP contribution is 2.08. The van der Waals surface area contributed by atoms with Crippen molar-refractivity contribution in [1.29, 1.82) is 0 Å². The second kappa shape index (κ2) is 8.99. The van der Waals surface area contributed by atoms with Gasteiger partial charge >= 0.3 is 0 Å². The summed E-state index contributed by atoms with van der Waals surface area (Å²) in [6.07, 6.45) is 3.84. The molecule has 0 amide bonds. The molecule has 0 radical (unpaired) electrons. The Kier molecular flexibility index (Phi) is 6.19. The van der Waals surface area contributed by atoms with E-state index in [0.29, 0.717) is 6.54 Å². The van der Waals surface area contributed by atoms with Gasteiger partial charge in [-0.25, -0.2) is 4.99 Å². The van der Waals surface area contributed by atoms with Crippen molar-refractivity contribution in [2.24, 2.45) is 4.99 Å². The second-order valence-corrected chi connectivity index (χ2v) is 6.20. The fourth-order valence-electron chi connectivity index (χ4n) is 2.81. The molecule has 0 aliphatic carbocycles. The second-order valence-electron chi connectivity index (χ2n) is 6.20. The van der Waals surface area contributed by atoms with Crippen LogP contribution in [0.2, 0.25) is 0 Å². The van der Waals surface area contributed by atoms with Gasteiger partial charge in [0.15, 0.2) is 11.6 Å². The van der Waals surface area contributed by atoms with Crippen molar-refractivity contribution in [3.05, 3.63) is 65.6 Å².